The summed E-state index contributed by atoms with van der Waals surface area (Å²) in [5, 5.41) is 18.9. The lowest BCUT2D eigenvalue weighted by Gasteiger charge is -2.17. The maximum atomic E-state index is 8.47. The van der Waals surface area contributed by atoms with Crippen LogP contribution in [-0.2, 0) is 0 Å². The molecule has 0 aliphatic carbocycles. The van der Waals surface area contributed by atoms with Gasteiger partial charge in [-0.1, -0.05) is 0 Å². The van der Waals surface area contributed by atoms with Crippen LogP contribution >= 0.6 is 0 Å². The number of nitrogens with one attached hydrogen (secondary N) is 1. The summed E-state index contributed by atoms with van der Waals surface area (Å²) < 4.78 is 0. The molecule has 1 rings (SSSR count). The Morgan fingerprint density at radius 1 is 1.44 bits per heavy atom. The number of rotatable bonds is 4. The molecule has 2 atom stereocenters. The van der Waals surface area contributed by atoms with E-state index in [0.717, 1.165) is 39.1 Å². The van der Waals surface area contributed by atoms with Crippen molar-refractivity contribution in [3.63, 3.8) is 0 Å². The van der Waals surface area contributed by atoms with E-state index in [1.54, 1.807) is 0 Å². The predicted molar refractivity (Wildman–Crippen MR) is 65.7 cm³/mol. The van der Waals surface area contributed by atoms with Crippen LogP contribution < -0.4 is 11.1 Å². The quantitative estimate of drug-likeness (QED) is 0.622. The number of aliphatic hydroxyl groups is 1. The summed E-state index contributed by atoms with van der Waals surface area (Å²) in [4.78, 5) is 0. The molecule has 4 N–H and O–H groups in total. The van der Waals surface area contributed by atoms with Gasteiger partial charge in [-0.25, -0.2) is 0 Å². The van der Waals surface area contributed by atoms with Crippen LogP contribution in [0.2, 0.25) is 0 Å². The van der Waals surface area contributed by atoms with Crippen molar-refractivity contribution in [2.75, 3.05) is 26.7 Å². The summed E-state index contributed by atoms with van der Waals surface area (Å²) in [6.45, 7) is 2.99. The summed E-state index contributed by atoms with van der Waals surface area (Å²) in [7, 11) is 1.00. The third-order valence-electron chi connectivity index (χ3n) is 3.06. The Morgan fingerprint density at radius 2 is 2.19 bits per heavy atom. The average molecular weight is 227 g/mol. The van der Waals surface area contributed by atoms with E-state index in [0.29, 0.717) is 12.3 Å². The van der Waals surface area contributed by atoms with Crippen molar-refractivity contribution in [1.29, 1.82) is 5.26 Å². The Balaban J connectivity index is 0.00000106. The van der Waals surface area contributed by atoms with Gasteiger partial charge in [0.25, 0.3) is 0 Å². The average Bonchev–Trinajstić information content (AvgIpc) is 2.57. The maximum Gasteiger partial charge on any atom is 0.0621 e. The number of hydrogen-bond acceptors (Lipinski definition) is 4. The van der Waals surface area contributed by atoms with Crippen LogP contribution in [0.5, 0.6) is 0 Å². The fourth-order valence-corrected chi connectivity index (χ4v) is 2.20. The third kappa shape index (κ3) is 6.78. The van der Waals surface area contributed by atoms with Gasteiger partial charge >= 0.3 is 0 Å². The van der Waals surface area contributed by atoms with Crippen molar-refractivity contribution < 1.29 is 5.11 Å². The zero-order valence-electron chi connectivity index (χ0n) is 10.3. The van der Waals surface area contributed by atoms with Gasteiger partial charge in [0.1, 0.15) is 0 Å². The zero-order valence-corrected chi connectivity index (χ0v) is 10.3. The highest BCUT2D eigenvalue weighted by Crippen LogP contribution is 2.22. The molecular formula is C12H25N3O. The molecule has 0 bridgehead atoms. The highest BCUT2D eigenvalue weighted by Gasteiger charge is 2.18. The minimum atomic E-state index is 0.643. The van der Waals surface area contributed by atoms with Gasteiger partial charge in [-0.3, -0.25) is 0 Å². The van der Waals surface area contributed by atoms with Crippen LogP contribution in [0.4, 0.5) is 0 Å². The lowest BCUT2D eigenvalue weighted by atomic mass is 9.89. The zero-order chi connectivity index (χ0) is 12.2. The molecule has 2 unspecified atom stereocenters. The lowest BCUT2D eigenvalue weighted by Crippen LogP contribution is -2.26. The minimum absolute atomic E-state index is 0.643. The largest absolute Gasteiger partial charge is 0.400 e. The first kappa shape index (κ1) is 15.4. The van der Waals surface area contributed by atoms with E-state index < -0.39 is 0 Å². The van der Waals surface area contributed by atoms with Gasteiger partial charge in [0, 0.05) is 13.5 Å². The van der Waals surface area contributed by atoms with Crippen LogP contribution in [0.3, 0.4) is 0 Å². The van der Waals surface area contributed by atoms with E-state index in [1.165, 1.54) is 19.3 Å². The third-order valence-corrected chi connectivity index (χ3v) is 3.06. The first-order chi connectivity index (χ1) is 7.86. The van der Waals surface area contributed by atoms with Gasteiger partial charge in [0.15, 0.2) is 0 Å². The molecule has 0 spiro atoms. The number of nitrogens with zero attached hydrogens (tertiary/aromatic N) is 1. The molecule has 1 fully saturated rings. The van der Waals surface area contributed by atoms with Gasteiger partial charge in [0.05, 0.1) is 6.07 Å². The van der Waals surface area contributed by atoms with Gasteiger partial charge in [0.2, 0.25) is 0 Å². The molecule has 0 aromatic rings. The molecular weight excluding hydrogens is 202 g/mol. The normalized spacial score (nSPS) is 24.9. The molecule has 4 nitrogen and oxygen atoms in total. The Bertz CT molecular complexity index is 191. The second-order valence-electron chi connectivity index (χ2n) is 4.25. The second-order valence-corrected chi connectivity index (χ2v) is 4.25. The van der Waals surface area contributed by atoms with E-state index >= 15 is 0 Å². The highest BCUT2D eigenvalue weighted by molar-refractivity contribution is 4.76. The summed E-state index contributed by atoms with van der Waals surface area (Å²) in [5.41, 5.74) is 5.70. The van der Waals surface area contributed by atoms with E-state index in [4.69, 9.17) is 16.1 Å². The van der Waals surface area contributed by atoms with Crippen LogP contribution in [0, 0.1) is 23.2 Å². The summed E-state index contributed by atoms with van der Waals surface area (Å²) in [5.74, 6) is 1.43. The molecule has 16 heavy (non-hydrogen) atoms. The van der Waals surface area contributed by atoms with Gasteiger partial charge in [-0.05, 0) is 57.2 Å². The minimum Gasteiger partial charge on any atom is -0.400 e. The fraction of sp³-hybridized carbons (Fsp3) is 0.917. The van der Waals surface area contributed by atoms with E-state index in [-0.39, 0.29) is 0 Å². The SMILES string of the molecule is CO.N#CCCCC1CCNCC(CN)C1. The Kier molecular flexibility index (Phi) is 10.4. The van der Waals surface area contributed by atoms with Crippen molar-refractivity contribution in [2.24, 2.45) is 17.6 Å². The molecule has 1 aliphatic heterocycles. The summed E-state index contributed by atoms with van der Waals surface area (Å²) in [6, 6.07) is 2.21. The van der Waals surface area contributed by atoms with Gasteiger partial charge in [-0.15, -0.1) is 0 Å². The number of nitriles is 1. The standard InChI is InChI=1S/C11H21N3.CH4O/c12-5-2-1-3-10-4-6-14-9-11(7-10)8-13;1-2/h10-11,14H,1-4,6-9,13H2;2H,1H3. The molecule has 0 saturated carbocycles. The van der Waals surface area contributed by atoms with Crippen molar-refractivity contribution in [1.82, 2.24) is 5.32 Å². The van der Waals surface area contributed by atoms with Crippen molar-refractivity contribution in [2.45, 2.75) is 32.1 Å². The summed E-state index contributed by atoms with van der Waals surface area (Å²) >= 11 is 0. The Labute approximate surface area is 98.8 Å². The van der Waals surface area contributed by atoms with Crippen molar-refractivity contribution in [3.05, 3.63) is 0 Å². The van der Waals surface area contributed by atoms with Crippen molar-refractivity contribution in [3.8, 4) is 6.07 Å². The van der Waals surface area contributed by atoms with Crippen LogP contribution in [0.1, 0.15) is 32.1 Å². The first-order valence-corrected chi connectivity index (χ1v) is 6.09. The van der Waals surface area contributed by atoms with Gasteiger partial charge < -0.3 is 16.2 Å². The monoisotopic (exact) mass is 227 g/mol. The van der Waals surface area contributed by atoms with Crippen molar-refractivity contribution >= 4 is 0 Å². The fourth-order valence-electron chi connectivity index (χ4n) is 2.20. The maximum absolute atomic E-state index is 8.47. The van der Waals surface area contributed by atoms with E-state index in [9.17, 15) is 0 Å². The molecule has 4 heteroatoms. The molecule has 1 saturated heterocycles. The van der Waals surface area contributed by atoms with Crippen LogP contribution in [0.15, 0.2) is 0 Å². The predicted octanol–water partition coefficient (Wildman–Crippen LogP) is 0.863. The Hall–Kier alpha value is -0.630. The number of unbranched alkanes of at least 4 members (excludes halogenated alkanes) is 1. The highest BCUT2D eigenvalue weighted by atomic mass is 16.2. The lowest BCUT2D eigenvalue weighted by molar-refractivity contribution is 0.369. The summed E-state index contributed by atoms with van der Waals surface area (Å²) in [6.07, 6.45) is 5.46. The molecule has 0 radical (unpaired) electrons. The molecule has 0 aromatic carbocycles. The smallest absolute Gasteiger partial charge is 0.0621 e. The first-order valence-electron chi connectivity index (χ1n) is 6.09. The molecule has 94 valence electrons. The molecule has 1 aliphatic rings. The van der Waals surface area contributed by atoms with Crippen LogP contribution in [0.25, 0.3) is 0 Å². The van der Waals surface area contributed by atoms with E-state index in [1.807, 2.05) is 0 Å². The second kappa shape index (κ2) is 10.9. The molecule has 0 aromatic heterocycles. The number of hydrogen-bond donors (Lipinski definition) is 3. The number of aliphatic hydroxyl groups excluding tert-OH is 1. The number of nitrogens with two attached hydrogens (primary N) is 1. The van der Waals surface area contributed by atoms with Gasteiger partial charge in [-0.2, -0.15) is 5.26 Å². The topological polar surface area (TPSA) is 82.1 Å². The Morgan fingerprint density at radius 3 is 2.81 bits per heavy atom. The van der Waals surface area contributed by atoms with Crippen LogP contribution in [-0.4, -0.2) is 31.9 Å². The molecule has 1 heterocycles. The van der Waals surface area contributed by atoms with E-state index in [2.05, 4.69) is 11.4 Å². The molecule has 0 amide bonds.